The third-order valence-electron chi connectivity index (χ3n) is 10.5. The molecule has 9 heteroatoms. The van der Waals surface area contributed by atoms with E-state index >= 15 is 0 Å². The molecule has 0 radical (unpaired) electrons. The van der Waals surface area contributed by atoms with Crippen molar-refractivity contribution in [1.82, 2.24) is 10.6 Å². The lowest BCUT2D eigenvalue weighted by atomic mass is 10.0. The lowest BCUT2D eigenvalue weighted by Crippen LogP contribution is -2.47. The summed E-state index contributed by atoms with van der Waals surface area (Å²) in [5.74, 6) is -2.35. The maximum Gasteiger partial charge on any atom is 0.328 e. The predicted molar refractivity (Wildman–Crippen MR) is 250 cm³/mol. The van der Waals surface area contributed by atoms with Crippen molar-refractivity contribution in [3.8, 4) is 0 Å². The van der Waals surface area contributed by atoms with E-state index in [0.717, 1.165) is 83.5 Å². The summed E-state index contributed by atoms with van der Waals surface area (Å²) in [5.41, 5.74) is 0. The zero-order chi connectivity index (χ0) is 44.0. The molecule has 2 unspecified atom stereocenters. The number of aliphatic hydroxyl groups excluding tert-OH is 1. The lowest BCUT2D eigenvalue weighted by Gasteiger charge is -2.17. The number of carboxylic acids is 1. The Morgan fingerprint density at radius 3 is 1.52 bits per heavy atom. The molecule has 9 nitrogen and oxygen atoms in total. The maximum atomic E-state index is 12.8. The monoisotopic (exact) mass is 841 g/mol. The molecule has 0 aliphatic heterocycles. The number of hydrogen-bond donors (Lipinski definition) is 4. The molecule has 0 heterocycles. The van der Waals surface area contributed by atoms with Crippen molar-refractivity contribution in [3.05, 3.63) is 60.8 Å². The highest BCUT2D eigenvalue weighted by molar-refractivity contribution is 5.87. The number of esters is 1. The summed E-state index contributed by atoms with van der Waals surface area (Å²) >= 11 is 0. The molecular weight excluding hydrogens is 753 g/mol. The number of ether oxygens (including phenoxy) is 1. The molecule has 0 spiro atoms. The Hall–Kier alpha value is -3.46. The molecule has 0 aromatic carbocycles. The van der Waals surface area contributed by atoms with Crippen LogP contribution in [0.4, 0.5) is 0 Å². The molecular formula is C51H88N2O7. The summed E-state index contributed by atoms with van der Waals surface area (Å²) in [5, 5.41) is 22.6. The SMILES string of the molecule is CC/C=C\C/C=C\C/C=C\C/C=C\CCC(CCCCCCCC(=O)NCC(=O)NC(CO)C(=O)O)OC(=O)CCCCCCCCCCC/C=C\CCCCCCCC. The molecule has 4 N–H and O–H groups in total. The molecule has 0 aliphatic rings. The topological polar surface area (TPSA) is 142 Å². The number of rotatable bonds is 43. The molecule has 0 fully saturated rings. The molecule has 0 aromatic heterocycles. The number of unbranched alkanes of at least 4 members (excludes halogenated alkanes) is 19. The van der Waals surface area contributed by atoms with Gasteiger partial charge in [0.25, 0.3) is 0 Å². The summed E-state index contributed by atoms with van der Waals surface area (Å²) < 4.78 is 6.01. The second kappa shape index (κ2) is 45.1. The first-order chi connectivity index (χ1) is 29.3. The van der Waals surface area contributed by atoms with Gasteiger partial charge in [-0.1, -0.05) is 171 Å². The molecule has 0 saturated heterocycles. The van der Waals surface area contributed by atoms with Crippen LogP contribution < -0.4 is 10.6 Å². The van der Waals surface area contributed by atoms with Crippen LogP contribution in [-0.2, 0) is 23.9 Å². The average Bonchev–Trinajstić information content (AvgIpc) is 3.23. The van der Waals surface area contributed by atoms with Crippen molar-refractivity contribution >= 4 is 23.8 Å². The van der Waals surface area contributed by atoms with Crippen molar-refractivity contribution in [1.29, 1.82) is 0 Å². The fourth-order valence-electron chi connectivity index (χ4n) is 6.82. The van der Waals surface area contributed by atoms with Gasteiger partial charge in [-0.3, -0.25) is 14.4 Å². The summed E-state index contributed by atoms with van der Waals surface area (Å²) in [7, 11) is 0. The van der Waals surface area contributed by atoms with Crippen LogP contribution in [0.5, 0.6) is 0 Å². The fraction of sp³-hybridized carbons (Fsp3) is 0.725. The summed E-state index contributed by atoms with van der Waals surface area (Å²) in [4.78, 5) is 47.7. The van der Waals surface area contributed by atoms with E-state index in [1.165, 1.54) is 96.3 Å². The van der Waals surface area contributed by atoms with Crippen LogP contribution in [0.1, 0.15) is 213 Å². The molecule has 0 aromatic rings. The van der Waals surface area contributed by atoms with Gasteiger partial charge in [0, 0.05) is 12.8 Å². The van der Waals surface area contributed by atoms with Gasteiger partial charge in [-0.15, -0.1) is 0 Å². The van der Waals surface area contributed by atoms with Crippen molar-refractivity contribution in [3.63, 3.8) is 0 Å². The lowest BCUT2D eigenvalue weighted by molar-refractivity contribution is -0.150. The number of hydrogen-bond acceptors (Lipinski definition) is 6. The molecule has 0 bridgehead atoms. The molecule has 0 aliphatic carbocycles. The van der Waals surface area contributed by atoms with E-state index in [1.807, 2.05) is 0 Å². The van der Waals surface area contributed by atoms with E-state index in [4.69, 9.17) is 14.9 Å². The Balaban J connectivity index is 4.36. The van der Waals surface area contributed by atoms with Crippen molar-refractivity contribution in [2.45, 2.75) is 225 Å². The number of amides is 2. The normalized spacial score (nSPS) is 13.0. The van der Waals surface area contributed by atoms with Crippen LogP contribution in [0.15, 0.2) is 60.8 Å². The second-order valence-corrected chi connectivity index (χ2v) is 16.2. The Kier molecular flexibility index (Phi) is 42.5. The number of aliphatic hydroxyl groups is 1. The van der Waals surface area contributed by atoms with Gasteiger partial charge in [0.05, 0.1) is 13.2 Å². The summed E-state index contributed by atoms with van der Waals surface area (Å²) in [6, 6.07) is -1.39. The van der Waals surface area contributed by atoms with Gasteiger partial charge in [-0.05, 0) is 89.9 Å². The number of carbonyl (C=O) groups is 4. The fourth-order valence-corrected chi connectivity index (χ4v) is 6.82. The van der Waals surface area contributed by atoms with Crippen LogP contribution in [-0.4, -0.2) is 59.3 Å². The van der Waals surface area contributed by atoms with Gasteiger partial charge in [0.1, 0.15) is 12.1 Å². The molecule has 60 heavy (non-hydrogen) atoms. The van der Waals surface area contributed by atoms with E-state index in [9.17, 15) is 19.2 Å². The van der Waals surface area contributed by atoms with Gasteiger partial charge in [-0.25, -0.2) is 4.79 Å². The predicted octanol–water partition coefficient (Wildman–Crippen LogP) is 12.5. The van der Waals surface area contributed by atoms with Crippen molar-refractivity contribution in [2.75, 3.05) is 13.2 Å². The first-order valence-electron chi connectivity index (χ1n) is 24.2. The highest BCUT2D eigenvalue weighted by Crippen LogP contribution is 2.17. The second-order valence-electron chi connectivity index (χ2n) is 16.2. The first-order valence-corrected chi connectivity index (χ1v) is 24.2. The molecule has 2 amide bonds. The highest BCUT2D eigenvalue weighted by Gasteiger charge is 2.19. The van der Waals surface area contributed by atoms with E-state index in [2.05, 4.69) is 85.2 Å². The van der Waals surface area contributed by atoms with Gasteiger partial charge < -0.3 is 25.6 Å². The number of carbonyl (C=O) groups excluding carboxylic acids is 3. The quantitative estimate of drug-likeness (QED) is 0.0272. The van der Waals surface area contributed by atoms with E-state index in [1.54, 1.807) is 0 Å². The van der Waals surface area contributed by atoms with Crippen molar-refractivity contribution < 1.29 is 34.1 Å². The summed E-state index contributed by atoms with van der Waals surface area (Å²) in [6.45, 7) is 3.36. The Labute approximate surface area is 366 Å². The maximum absolute atomic E-state index is 12.8. The average molecular weight is 841 g/mol. The minimum atomic E-state index is -1.39. The van der Waals surface area contributed by atoms with E-state index in [-0.39, 0.29) is 30.9 Å². The minimum absolute atomic E-state index is 0.0827. The third-order valence-corrected chi connectivity index (χ3v) is 10.5. The van der Waals surface area contributed by atoms with Crippen LogP contribution in [0.2, 0.25) is 0 Å². The highest BCUT2D eigenvalue weighted by atomic mass is 16.5. The Bertz CT molecular complexity index is 1190. The largest absolute Gasteiger partial charge is 0.480 e. The van der Waals surface area contributed by atoms with Gasteiger partial charge in [-0.2, -0.15) is 0 Å². The molecule has 0 saturated carbocycles. The van der Waals surface area contributed by atoms with Gasteiger partial charge >= 0.3 is 11.9 Å². The summed E-state index contributed by atoms with van der Waals surface area (Å²) in [6.07, 6.45) is 55.4. The van der Waals surface area contributed by atoms with E-state index < -0.39 is 24.5 Å². The molecule has 344 valence electrons. The van der Waals surface area contributed by atoms with Gasteiger partial charge in [0.2, 0.25) is 11.8 Å². The van der Waals surface area contributed by atoms with Crippen LogP contribution in [0, 0.1) is 0 Å². The van der Waals surface area contributed by atoms with Crippen molar-refractivity contribution in [2.24, 2.45) is 0 Å². The van der Waals surface area contributed by atoms with Crippen LogP contribution >= 0.6 is 0 Å². The number of carboxylic acid groups (broad SMARTS) is 1. The molecule has 0 rings (SSSR count). The third kappa shape index (κ3) is 41.3. The van der Waals surface area contributed by atoms with Crippen LogP contribution in [0.3, 0.4) is 0 Å². The zero-order valence-electron chi connectivity index (χ0n) is 38.2. The standard InChI is InChI=1S/C51H88N2O7/c1-3-5-7-9-11-13-15-17-18-19-20-21-22-24-26-28-30-35-39-43-50(57)60-46(40-36-32-29-27-25-23-16-14-12-10-8-6-4-2)41-37-33-31-34-38-42-48(55)52-44-49(56)53-47(45-54)51(58)59/h6,8,12,14,17-18,23,25,29,32,46-47,54H,3-5,7,9-11,13,15-16,19-22,24,26-28,30-31,33-45H2,1-2H3,(H,52,55)(H,53,56)(H,58,59)/b8-6-,14-12-,18-17-,25-23-,32-29-. The number of aliphatic carboxylic acids is 1. The van der Waals surface area contributed by atoms with E-state index in [0.29, 0.717) is 12.8 Å². The number of allylic oxidation sites excluding steroid dienone is 10. The Morgan fingerprint density at radius 2 is 0.983 bits per heavy atom. The Morgan fingerprint density at radius 1 is 0.517 bits per heavy atom. The van der Waals surface area contributed by atoms with Gasteiger partial charge in [0.15, 0.2) is 0 Å². The number of nitrogens with one attached hydrogen (secondary N) is 2. The minimum Gasteiger partial charge on any atom is -0.480 e. The first kappa shape index (κ1) is 56.5. The molecule has 2 atom stereocenters. The van der Waals surface area contributed by atoms with Crippen LogP contribution in [0.25, 0.3) is 0 Å². The zero-order valence-corrected chi connectivity index (χ0v) is 38.2. The smallest absolute Gasteiger partial charge is 0.328 e.